The van der Waals surface area contributed by atoms with Crippen LogP contribution in [-0.4, -0.2) is 10.2 Å². The van der Waals surface area contributed by atoms with Crippen LogP contribution >= 0.6 is 31.9 Å². The molecule has 0 aliphatic heterocycles. The molecule has 0 spiro atoms. The van der Waals surface area contributed by atoms with E-state index in [0.29, 0.717) is 11.4 Å². The quantitative estimate of drug-likeness (QED) is 0.895. The van der Waals surface area contributed by atoms with Crippen LogP contribution in [0.25, 0.3) is 0 Å². The van der Waals surface area contributed by atoms with Gasteiger partial charge in [0.1, 0.15) is 6.07 Å². The monoisotopic (exact) mass is 352 g/mol. The second-order valence-electron chi connectivity index (χ2n) is 3.15. The molecule has 0 fully saturated rings. The molecule has 0 saturated carbocycles. The minimum atomic E-state index is 0.443. The fraction of sp³-hybridized carbons (Fsp3) is 0. The van der Waals surface area contributed by atoms with Crippen LogP contribution in [-0.2, 0) is 0 Å². The molecule has 0 amide bonds. The van der Waals surface area contributed by atoms with E-state index < -0.39 is 0 Å². The topological polar surface area (TPSA) is 61.6 Å². The second kappa shape index (κ2) is 5.25. The highest BCUT2D eigenvalue weighted by Gasteiger charge is 2.06. The van der Waals surface area contributed by atoms with Crippen molar-refractivity contribution in [1.82, 2.24) is 10.2 Å². The Morgan fingerprint density at radius 1 is 1.24 bits per heavy atom. The molecule has 0 aliphatic rings. The van der Waals surface area contributed by atoms with Gasteiger partial charge in [-0.3, -0.25) is 0 Å². The first-order valence-electron chi connectivity index (χ1n) is 4.64. The van der Waals surface area contributed by atoms with Crippen molar-refractivity contribution >= 4 is 43.4 Å². The van der Waals surface area contributed by atoms with Gasteiger partial charge in [-0.1, -0.05) is 15.9 Å². The third-order valence-electron chi connectivity index (χ3n) is 2.03. The number of anilines is 2. The maximum absolute atomic E-state index is 8.93. The Hall–Kier alpha value is -1.45. The molecular formula is C11H6Br2N4. The molecule has 1 heterocycles. The van der Waals surface area contributed by atoms with Crippen LogP contribution in [0.4, 0.5) is 11.5 Å². The highest BCUT2D eigenvalue weighted by Crippen LogP contribution is 2.28. The van der Waals surface area contributed by atoms with Gasteiger partial charge in [-0.15, -0.1) is 5.10 Å². The molecule has 0 aliphatic carbocycles. The number of halogens is 2. The molecule has 0 unspecified atom stereocenters. The summed E-state index contributed by atoms with van der Waals surface area (Å²) in [5.41, 5.74) is 1.28. The van der Waals surface area contributed by atoms with Crippen molar-refractivity contribution in [2.24, 2.45) is 0 Å². The van der Waals surface area contributed by atoms with Gasteiger partial charge >= 0.3 is 0 Å². The summed E-state index contributed by atoms with van der Waals surface area (Å²) in [5, 5.41) is 19.6. The SMILES string of the molecule is N#Cc1ccnnc1Nc1ccc(Br)cc1Br. The van der Waals surface area contributed by atoms with Gasteiger partial charge in [-0.05, 0) is 40.2 Å². The van der Waals surface area contributed by atoms with Crippen LogP contribution in [0, 0.1) is 11.3 Å². The van der Waals surface area contributed by atoms with E-state index in [0.717, 1.165) is 14.6 Å². The van der Waals surface area contributed by atoms with Gasteiger partial charge in [0.2, 0.25) is 0 Å². The molecule has 1 aromatic carbocycles. The first kappa shape index (κ1) is 12.0. The highest BCUT2D eigenvalue weighted by atomic mass is 79.9. The van der Waals surface area contributed by atoms with Crippen molar-refractivity contribution in [3.05, 3.63) is 45.0 Å². The average molecular weight is 354 g/mol. The molecule has 84 valence electrons. The van der Waals surface area contributed by atoms with Crippen molar-refractivity contribution in [3.8, 4) is 6.07 Å². The summed E-state index contributed by atoms with van der Waals surface area (Å²) in [6.07, 6.45) is 1.49. The van der Waals surface area contributed by atoms with E-state index in [-0.39, 0.29) is 0 Å². The lowest BCUT2D eigenvalue weighted by atomic mass is 10.3. The van der Waals surface area contributed by atoms with Crippen LogP contribution < -0.4 is 5.32 Å². The van der Waals surface area contributed by atoms with Crippen molar-refractivity contribution < 1.29 is 0 Å². The molecule has 0 bridgehead atoms. The second-order valence-corrected chi connectivity index (χ2v) is 4.92. The van der Waals surface area contributed by atoms with Gasteiger partial charge in [0.05, 0.1) is 17.4 Å². The lowest BCUT2D eigenvalue weighted by Gasteiger charge is -2.08. The van der Waals surface area contributed by atoms with E-state index in [4.69, 9.17) is 5.26 Å². The van der Waals surface area contributed by atoms with E-state index in [1.54, 1.807) is 6.07 Å². The maximum atomic E-state index is 8.93. The van der Waals surface area contributed by atoms with Crippen LogP contribution in [0.5, 0.6) is 0 Å². The van der Waals surface area contributed by atoms with Gasteiger partial charge in [-0.2, -0.15) is 10.4 Å². The van der Waals surface area contributed by atoms with E-state index in [1.807, 2.05) is 18.2 Å². The molecule has 2 aromatic rings. The number of hydrogen-bond donors (Lipinski definition) is 1. The van der Waals surface area contributed by atoms with Gasteiger partial charge < -0.3 is 5.32 Å². The lowest BCUT2D eigenvalue weighted by molar-refractivity contribution is 1.03. The first-order chi connectivity index (χ1) is 8.20. The summed E-state index contributed by atoms with van der Waals surface area (Å²) < 4.78 is 1.84. The van der Waals surface area contributed by atoms with Crippen molar-refractivity contribution in [2.75, 3.05) is 5.32 Å². The standard InChI is InChI=1S/C11H6Br2N4/c12-8-1-2-10(9(13)5-8)16-11-7(6-14)3-4-15-17-11/h1-5H,(H,16,17). The molecular weight excluding hydrogens is 348 g/mol. The Morgan fingerprint density at radius 3 is 2.76 bits per heavy atom. The Bertz CT molecular complexity index is 592. The number of nitrogens with one attached hydrogen (secondary N) is 1. The molecule has 1 aromatic heterocycles. The fourth-order valence-electron chi connectivity index (χ4n) is 1.23. The van der Waals surface area contributed by atoms with Crippen molar-refractivity contribution in [3.63, 3.8) is 0 Å². The third-order valence-corrected chi connectivity index (χ3v) is 3.17. The maximum Gasteiger partial charge on any atom is 0.171 e. The van der Waals surface area contributed by atoms with Gasteiger partial charge in [-0.25, -0.2) is 0 Å². The Labute approximate surface area is 115 Å². The normalized spacial score (nSPS) is 9.71. The van der Waals surface area contributed by atoms with E-state index >= 15 is 0 Å². The average Bonchev–Trinajstić information content (AvgIpc) is 2.33. The van der Waals surface area contributed by atoms with E-state index in [1.165, 1.54) is 6.20 Å². The van der Waals surface area contributed by atoms with Gasteiger partial charge in [0.25, 0.3) is 0 Å². The number of rotatable bonds is 2. The number of benzene rings is 1. The molecule has 2 rings (SSSR count). The third kappa shape index (κ3) is 2.81. The van der Waals surface area contributed by atoms with Crippen LogP contribution in [0.3, 0.4) is 0 Å². The zero-order valence-corrected chi connectivity index (χ0v) is 11.7. The van der Waals surface area contributed by atoms with E-state index in [2.05, 4.69) is 53.4 Å². The predicted molar refractivity (Wildman–Crippen MR) is 71.9 cm³/mol. The fourth-order valence-corrected chi connectivity index (χ4v) is 2.38. The Kier molecular flexibility index (Phi) is 3.71. The summed E-state index contributed by atoms with van der Waals surface area (Å²) in [6.45, 7) is 0. The van der Waals surface area contributed by atoms with Crippen LogP contribution in [0.15, 0.2) is 39.4 Å². The number of nitriles is 1. The number of hydrogen-bond acceptors (Lipinski definition) is 4. The summed E-state index contributed by atoms with van der Waals surface area (Å²) in [5.74, 6) is 0.443. The van der Waals surface area contributed by atoms with Crippen LogP contribution in [0.2, 0.25) is 0 Å². The van der Waals surface area contributed by atoms with Crippen LogP contribution in [0.1, 0.15) is 5.56 Å². The largest absolute Gasteiger partial charge is 0.337 e. The van der Waals surface area contributed by atoms with Gasteiger partial charge in [0.15, 0.2) is 5.82 Å². The smallest absolute Gasteiger partial charge is 0.171 e. The summed E-state index contributed by atoms with van der Waals surface area (Å²) >= 11 is 6.80. The molecule has 0 atom stereocenters. The zero-order valence-electron chi connectivity index (χ0n) is 8.48. The van der Waals surface area contributed by atoms with Crippen molar-refractivity contribution in [1.29, 1.82) is 5.26 Å². The molecule has 0 saturated heterocycles. The minimum absolute atomic E-state index is 0.443. The summed E-state index contributed by atoms with van der Waals surface area (Å²) in [7, 11) is 0. The number of aromatic nitrogens is 2. The molecule has 1 N–H and O–H groups in total. The Morgan fingerprint density at radius 2 is 2.06 bits per heavy atom. The van der Waals surface area contributed by atoms with Crippen molar-refractivity contribution in [2.45, 2.75) is 0 Å². The molecule has 0 radical (unpaired) electrons. The minimum Gasteiger partial charge on any atom is -0.337 e. The zero-order chi connectivity index (χ0) is 12.3. The first-order valence-corrected chi connectivity index (χ1v) is 6.23. The van der Waals surface area contributed by atoms with Gasteiger partial charge in [0, 0.05) is 8.95 Å². The highest BCUT2D eigenvalue weighted by molar-refractivity contribution is 9.11. The molecule has 17 heavy (non-hydrogen) atoms. The van der Waals surface area contributed by atoms with E-state index in [9.17, 15) is 0 Å². The summed E-state index contributed by atoms with van der Waals surface area (Å²) in [4.78, 5) is 0. The predicted octanol–water partition coefficient (Wildman–Crippen LogP) is 3.62. The molecule has 4 nitrogen and oxygen atoms in total. The lowest BCUT2D eigenvalue weighted by Crippen LogP contribution is -1.98. The summed E-state index contributed by atoms with van der Waals surface area (Å²) in [6, 6.07) is 9.36. The molecule has 6 heteroatoms. The Balaban J connectivity index is 2.35. The number of nitrogens with zero attached hydrogens (tertiary/aromatic N) is 3.